The molecule has 0 saturated carbocycles. The van der Waals surface area contributed by atoms with Crippen LogP contribution < -0.4 is 0 Å². The van der Waals surface area contributed by atoms with Gasteiger partial charge in [-0.05, 0) is 55.4 Å². The van der Waals surface area contributed by atoms with E-state index >= 15 is 0 Å². The summed E-state index contributed by atoms with van der Waals surface area (Å²) in [5.41, 5.74) is 1.89. The SMILES string of the molecule is CC#CC1=CC(C)C(C)CCCCC(C)(C)CCC1. The molecule has 0 saturated heterocycles. The maximum absolute atomic E-state index is 3.33. The van der Waals surface area contributed by atoms with Crippen LogP contribution in [0.15, 0.2) is 11.6 Å². The van der Waals surface area contributed by atoms with Gasteiger partial charge in [-0.25, -0.2) is 0 Å². The average molecular weight is 260 g/mol. The van der Waals surface area contributed by atoms with Gasteiger partial charge in [0.05, 0.1) is 0 Å². The molecule has 0 heteroatoms. The highest BCUT2D eigenvalue weighted by molar-refractivity contribution is 5.28. The Balaban J connectivity index is 2.79. The quantitative estimate of drug-likeness (QED) is 0.470. The second kappa shape index (κ2) is 7.78. The van der Waals surface area contributed by atoms with Crippen LogP contribution in [0.2, 0.25) is 0 Å². The summed E-state index contributed by atoms with van der Waals surface area (Å²) in [7, 11) is 0. The van der Waals surface area contributed by atoms with E-state index in [2.05, 4.69) is 45.6 Å². The predicted octanol–water partition coefficient (Wildman–Crippen LogP) is 5.98. The van der Waals surface area contributed by atoms with E-state index in [0.29, 0.717) is 11.3 Å². The highest BCUT2D eigenvalue weighted by Gasteiger charge is 2.19. The molecule has 0 spiro atoms. The van der Waals surface area contributed by atoms with Gasteiger partial charge in [-0.3, -0.25) is 0 Å². The molecule has 2 atom stereocenters. The lowest BCUT2D eigenvalue weighted by atomic mass is 9.79. The molecule has 19 heavy (non-hydrogen) atoms. The topological polar surface area (TPSA) is 0 Å². The summed E-state index contributed by atoms with van der Waals surface area (Å²) in [5.74, 6) is 7.87. The lowest BCUT2D eigenvalue weighted by Gasteiger charge is -2.26. The van der Waals surface area contributed by atoms with Gasteiger partial charge in [0, 0.05) is 0 Å². The van der Waals surface area contributed by atoms with Crippen LogP contribution in [0.3, 0.4) is 0 Å². The normalized spacial score (nSPS) is 29.2. The van der Waals surface area contributed by atoms with Crippen molar-refractivity contribution < 1.29 is 0 Å². The molecule has 0 amide bonds. The summed E-state index contributed by atoms with van der Waals surface area (Å²) >= 11 is 0. The van der Waals surface area contributed by atoms with E-state index in [0.717, 1.165) is 5.92 Å². The van der Waals surface area contributed by atoms with Crippen LogP contribution >= 0.6 is 0 Å². The first-order valence-corrected chi connectivity index (χ1v) is 8.08. The third kappa shape index (κ3) is 6.33. The Bertz CT molecular complexity index is 348. The second-order valence-corrected chi connectivity index (χ2v) is 7.17. The number of hydrogen-bond donors (Lipinski definition) is 0. The highest BCUT2D eigenvalue weighted by Crippen LogP contribution is 2.32. The monoisotopic (exact) mass is 260 g/mol. The van der Waals surface area contributed by atoms with Gasteiger partial charge in [-0.15, -0.1) is 5.92 Å². The van der Waals surface area contributed by atoms with E-state index in [1.54, 1.807) is 0 Å². The van der Waals surface area contributed by atoms with Crippen LogP contribution in [-0.2, 0) is 0 Å². The van der Waals surface area contributed by atoms with Gasteiger partial charge in [0.25, 0.3) is 0 Å². The first-order valence-electron chi connectivity index (χ1n) is 8.08. The molecule has 0 aromatic rings. The van der Waals surface area contributed by atoms with Crippen molar-refractivity contribution in [3.8, 4) is 11.8 Å². The third-order valence-corrected chi connectivity index (χ3v) is 4.71. The van der Waals surface area contributed by atoms with Crippen molar-refractivity contribution >= 4 is 0 Å². The lowest BCUT2D eigenvalue weighted by Crippen LogP contribution is -2.13. The first-order chi connectivity index (χ1) is 8.94. The van der Waals surface area contributed by atoms with Crippen molar-refractivity contribution in [3.63, 3.8) is 0 Å². The van der Waals surface area contributed by atoms with E-state index in [-0.39, 0.29) is 0 Å². The van der Waals surface area contributed by atoms with Crippen LogP contribution in [0.5, 0.6) is 0 Å². The molecular formula is C19H32. The summed E-state index contributed by atoms with van der Waals surface area (Å²) in [5, 5.41) is 0. The molecule has 0 aromatic carbocycles. The van der Waals surface area contributed by atoms with Gasteiger partial charge >= 0.3 is 0 Å². The summed E-state index contributed by atoms with van der Waals surface area (Å²) < 4.78 is 0. The molecular weight excluding hydrogens is 228 g/mol. The zero-order valence-corrected chi connectivity index (χ0v) is 13.7. The zero-order chi connectivity index (χ0) is 14.3. The number of hydrogen-bond acceptors (Lipinski definition) is 0. The lowest BCUT2D eigenvalue weighted by molar-refractivity contribution is 0.278. The molecule has 1 aliphatic rings. The molecule has 0 N–H and O–H groups in total. The molecule has 0 heterocycles. The third-order valence-electron chi connectivity index (χ3n) is 4.71. The average Bonchev–Trinajstić information content (AvgIpc) is 2.33. The fourth-order valence-corrected chi connectivity index (χ4v) is 3.04. The Labute approximate surface area is 121 Å². The fourth-order valence-electron chi connectivity index (χ4n) is 3.04. The molecule has 0 nitrogen and oxygen atoms in total. The second-order valence-electron chi connectivity index (χ2n) is 7.17. The minimum Gasteiger partial charge on any atom is -0.102 e. The minimum absolute atomic E-state index is 0.513. The van der Waals surface area contributed by atoms with Crippen molar-refractivity contribution in [1.29, 1.82) is 0 Å². The fraction of sp³-hybridized carbons (Fsp3) is 0.789. The Kier molecular flexibility index (Phi) is 6.70. The molecule has 0 bridgehead atoms. The molecule has 1 aliphatic carbocycles. The van der Waals surface area contributed by atoms with Crippen LogP contribution in [0.4, 0.5) is 0 Å². The Morgan fingerprint density at radius 1 is 1.11 bits per heavy atom. The van der Waals surface area contributed by atoms with Gasteiger partial charge < -0.3 is 0 Å². The summed E-state index contributed by atoms with van der Waals surface area (Å²) in [6, 6.07) is 0. The van der Waals surface area contributed by atoms with Crippen molar-refractivity contribution in [2.75, 3.05) is 0 Å². The molecule has 2 unspecified atom stereocenters. The highest BCUT2D eigenvalue weighted by atomic mass is 14.2. The van der Waals surface area contributed by atoms with E-state index in [9.17, 15) is 0 Å². The summed E-state index contributed by atoms with van der Waals surface area (Å²) in [6.45, 7) is 11.6. The van der Waals surface area contributed by atoms with Crippen LogP contribution in [0.25, 0.3) is 0 Å². The summed E-state index contributed by atoms with van der Waals surface area (Å²) in [6.07, 6.45) is 11.8. The zero-order valence-electron chi connectivity index (χ0n) is 13.7. The van der Waals surface area contributed by atoms with Gasteiger partial charge in [-0.2, -0.15) is 0 Å². The van der Waals surface area contributed by atoms with Crippen LogP contribution in [-0.4, -0.2) is 0 Å². The van der Waals surface area contributed by atoms with Crippen molar-refractivity contribution in [2.45, 2.75) is 79.6 Å². The van der Waals surface area contributed by atoms with E-state index in [4.69, 9.17) is 0 Å². The predicted molar refractivity (Wildman–Crippen MR) is 86.0 cm³/mol. The van der Waals surface area contributed by atoms with Crippen LogP contribution in [0, 0.1) is 29.1 Å². The van der Waals surface area contributed by atoms with E-state index < -0.39 is 0 Å². The Morgan fingerprint density at radius 3 is 2.47 bits per heavy atom. The molecule has 108 valence electrons. The Morgan fingerprint density at radius 2 is 1.79 bits per heavy atom. The van der Waals surface area contributed by atoms with Gasteiger partial charge in [-0.1, -0.05) is 59.0 Å². The van der Waals surface area contributed by atoms with Crippen LogP contribution in [0.1, 0.15) is 79.6 Å². The maximum atomic E-state index is 3.33. The largest absolute Gasteiger partial charge is 0.102 e. The Hall–Kier alpha value is -0.700. The number of allylic oxidation sites excluding steroid dienone is 2. The van der Waals surface area contributed by atoms with Crippen molar-refractivity contribution in [1.82, 2.24) is 0 Å². The molecule has 0 aliphatic heterocycles. The van der Waals surface area contributed by atoms with Crippen molar-refractivity contribution in [2.24, 2.45) is 17.3 Å². The molecule has 0 fully saturated rings. The minimum atomic E-state index is 0.513. The van der Waals surface area contributed by atoms with Gasteiger partial charge in [0.1, 0.15) is 0 Å². The molecule has 0 aromatic heterocycles. The standard InChI is InChI=1S/C19H32/c1-6-10-18-12-9-14-19(4,5)13-8-7-11-16(2)17(3)15-18/h15-17H,7-9,11-14H2,1-5H3. The van der Waals surface area contributed by atoms with E-state index in [1.807, 2.05) is 6.92 Å². The van der Waals surface area contributed by atoms with Crippen molar-refractivity contribution in [3.05, 3.63) is 11.6 Å². The number of rotatable bonds is 0. The smallest absolute Gasteiger partial charge is 0.00169 e. The molecule has 1 rings (SSSR count). The maximum Gasteiger partial charge on any atom is -0.00169 e. The molecule has 0 radical (unpaired) electrons. The van der Waals surface area contributed by atoms with Gasteiger partial charge in [0.15, 0.2) is 0 Å². The van der Waals surface area contributed by atoms with Gasteiger partial charge in [0.2, 0.25) is 0 Å². The summed E-state index contributed by atoms with van der Waals surface area (Å²) in [4.78, 5) is 0. The first kappa shape index (κ1) is 16.4. The van der Waals surface area contributed by atoms with E-state index in [1.165, 1.54) is 50.5 Å².